The maximum absolute atomic E-state index is 8.90. The van der Waals surface area contributed by atoms with Crippen molar-refractivity contribution in [2.75, 3.05) is 18.5 Å². The molecule has 5 heteroatoms. The summed E-state index contributed by atoms with van der Waals surface area (Å²) >= 11 is 6.56. The number of piperidine rings is 1. The molecule has 1 saturated heterocycles. The van der Waals surface area contributed by atoms with Crippen LogP contribution in [0, 0.1) is 30.1 Å². The highest BCUT2D eigenvalue weighted by Crippen LogP contribution is 2.38. The van der Waals surface area contributed by atoms with E-state index in [0.717, 1.165) is 60.3 Å². The third-order valence-corrected chi connectivity index (χ3v) is 5.53. The Morgan fingerprint density at radius 3 is 2.38 bits per heavy atom. The molecule has 29 heavy (non-hydrogen) atoms. The van der Waals surface area contributed by atoms with Crippen LogP contribution in [0.2, 0.25) is 5.02 Å². The topological polar surface area (TPSA) is 63.0 Å². The Morgan fingerprint density at radius 1 is 1.28 bits per heavy atom. The molecule has 0 aliphatic carbocycles. The predicted molar refractivity (Wildman–Crippen MR) is 129 cm³/mol. The lowest BCUT2D eigenvalue weighted by molar-refractivity contribution is 0.473. The summed E-state index contributed by atoms with van der Waals surface area (Å²) < 4.78 is 0. The van der Waals surface area contributed by atoms with Gasteiger partial charge >= 0.3 is 0 Å². The number of nitrogens with zero attached hydrogens (tertiary/aromatic N) is 1. The number of amidine groups is 1. The van der Waals surface area contributed by atoms with Gasteiger partial charge in [0, 0.05) is 36.5 Å². The Balaban J connectivity index is 0.00000132. The van der Waals surface area contributed by atoms with Gasteiger partial charge in [0.1, 0.15) is 5.84 Å². The molecule has 1 aromatic carbocycles. The third-order valence-electron chi connectivity index (χ3n) is 5.24. The van der Waals surface area contributed by atoms with Gasteiger partial charge in [0.15, 0.2) is 0 Å². The zero-order chi connectivity index (χ0) is 22.2. The van der Waals surface area contributed by atoms with Crippen molar-refractivity contribution in [2.45, 2.75) is 73.6 Å². The molecule has 1 unspecified atom stereocenters. The summed E-state index contributed by atoms with van der Waals surface area (Å²) in [5.41, 5.74) is 4.77. The summed E-state index contributed by atoms with van der Waals surface area (Å²) in [6, 6.07) is 4.08. The number of allylic oxidation sites excluding steroid dienone is 1. The standard InChI is InChI=1S/C21H31ClN4.C3H8/c1-6-9-21(4,13-23)19(25-5)16-8-7-10-26(20(16)24)18-15(3)11-14(2)12-17(18)22;1-3-2/h11-13,23-25H,6-10H2,1-5H3;3H2,1-2H3/b19-16-,23-13?,24-20?;. The second-order valence-electron chi connectivity index (χ2n) is 8.14. The van der Waals surface area contributed by atoms with Crippen molar-refractivity contribution in [2.24, 2.45) is 5.41 Å². The fourth-order valence-corrected chi connectivity index (χ4v) is 4.52. The van der Waals surface area contributed by atoms with Crippen molar-refractivity contribution in [1.82, 2.24) is 5.32 Å². The van der Waals surface area contributed by atoms with Gasteiger partial charge in [-0.25, -0.2) is 0 Å². The van der Waals surface area contributed by atoms with Crippen LogP contribution in [0.15, 0.2) is 23.4 Å². The first-order chi connectivity index (χ1) is 13.7. The molecule has 1 aromatic rings. The van der Waals surface area contributed by atoms with Crippen LogP contribution >= 0.6 is 11.6 Å². The molecule has 1 atom stereocenters. The SMILES string of the molecule is CCC.CCCC(C)(C=N)/C(NC)=C1\CCCN(c2c(C)cc(C)cc2Cl)C1=N. The Bertz CT molecular complexity index is 730. The average molecular weight is 419 g/mol. The lowest BCUT2D eigenvalue weighted by Crippen LogP contribution is -2.41. The summed E-state index contributed by atoms with van der Waals surface area (Å²) in [6.45, 7) is 13.3. The Morgan fingerprint density at radius 2 is 1.90 bits per heavy atom. The normalized spacial score (nSPS) is 17.8. The Kier molecular flexibility index (Phi) is 9.91. The molecule has 4 nitrogen and oxygen atoms in total. The zero-order valence-electron chi connectivity index (χ0n) is 19.3. The van der Waals surface area contributed by atoms with Gasteiger partial charge in [0.2, 0.25) is 0 Å². The summed E-state index contributed by atoms with van der Waals surface area (Å²) in [5.74, 6) is 0.499. The quantitative estimate of drug-likeness (QED) is 0.441. The minimum absolute atomic E-state index is 0.375. The van der Waals surface area contributed by atoms with Crippen LogP contribution in [-0.4, -0.2) is 25.6 Å². The minimum atomic E-state index is -0.375. The summed E-state index contributed by atoms with van der Waals surface area (Å²) in [6.07, 6.45) is 6.46. The van der Waals surface area contributed by atoms with Crippen molar-refractivity contribution in [3.8, 4) is 0 Å². The first kappa shape index (κ1) is 25.2. The van der Waals surface area contributed by atoms with Crippen LogP contribution in [-0.2, 0) is 0 Å². The van der Waals surface area contributed by atoms with Gasteiger partial charge in [-0.1, -0.05) is 51.3 Å². The average Bonchev–Trinajstić information content (AvgIpc) is 2.65. The molecule has 1 heterocycles. The second kappa shape index (κ2) is 11.4. The highest BCUT2D eigenvalue weighted by molar-refractivity contribution is 6.34. The number of hydrogen-bond donors (Lipinski definition) is 3. The van der Waals surface area contributed by atoms with Crippen LogP contribution in [0.5, 0.6) is 0 Å². The molecule has 162 valence electrons. The molecule has 0 saturated carbocycles. The smallest absolute Gasteiger partial charge is 0.130 e. The monoisotopic (exact) mass is 418 g/mol. The summed E-state index contributed by atoms with van der Waals surface area (Å²) in [5, 5.41) is 20.9. The van der Waals surface area contributed by atoms with Crippen molar-refractivity contribution in [1.29, 1.82) is 10.8 Å². The molecule has 0 bridgehead atoms. The van der Waals surface area contributed by atoms with E-state index in [4.69, 9.17) is 22.4 Å². The van der Waals surface area contributed by atoms with E-state index in [1.807, 2.05) is 24.9 Å². The second-order valence-corrected chi connectivity index (χ2v) is 8.55. The molecule has 0 radical (unpaired) electrons. The maximum Gasteiger partial charge on any atom is 0.130 e. The lowest BCUT2D eigenvalue weighted by Gasteiger charge is -2.37. The number of hydrogen-bond acceptors (Lipinski definition) is 3. The largest absolute Gasteiger partial charge is 0.390 e. The molecular weight excluding hydrogens is 380 g/mol. The van der Waals surface area contributed by atoms with Crippen LogP contribution < -0.4 is 10.2 Å². The van der Waals surface area contributed by atoms with Crippen molar-refractivity contribution in [3.63, 3.8) is 0 Å². The van der Waals surface area contributed by atoms with Crippen molar-refractivity contribution in [3.05, 3.63) is 39.6 Å². The van der Waals surface area contributed by atoms with E-state index in [-0.39, 0.29) is 5.41 Å². The van der Waals surface area contributed by atoms with Crippen LogP contribution in [0.4, 0.5) is 5.69 Å². The van der Waals surface area contributed by atoms with Crippen molar-refractivity contribution < 1.29 is 0 Å². The number of aryl methyl sites for hydroxylation is 2. The molecule has 2 rings (SSSR count). The van der Waals surface area contributed by atoms with Crippen LogP contribution in [0.1, 0.15) is 70.9 Å². The minimum Gasteiger partial charge on any atom is -0.390 e. The van der Waals surface area contributed by atoms with E-state index in [2.05, 4.69) is 46.0 Å². The molecule has 0 spiro atoms. The van der Waals surface area contributed by atoms with Crippen LogP contribution in [0.3, 0.4) is 0 Å². The van der Waals surface area contributed by atoms with Gasteiger partial charge in [0.25, 0.3) is 0 Å². The third kappa shape index (κ3) is 5.85. The maximum atomic E-state index is 8.90. The number of benzene rings is 1. The zero-order valence-corrected chi connectivity index (χ0v) is 20.1. The van der Waals surface area contributed by atoms with Gasteiger partial charge in [-0.15, -0.1) is 0 Å². The van der Waals surface area contributed by atoms with E-state index >= 15 is 0 Å². The predicted octanol–water partition coefficient (Wildman–Crippen LogP) is 6.88. The molecule has 1 aliphatic heterocycles. The molecule has 1 aliphatic rings. The summed E-state index contributed by atoms with van der Waals surface area (Å²) in [7, 11) is 1.90. The van der Waals surface area contributed by atoms with E-state index in [9.17, 15) is 0 Å². The number of rotatable bonds is 6. The molecular formula is C24H39ClN4. The lowest BCUT2D eigenvalue weighted by atomic mass is 9.79. The summed E-state index contributed by atoms with van der Waals surface area (Å²) in [4.78, 5) is 2.03. The van der Waals surface area contributed by atoms with E-state index in [1.54, 1.807) is 0 Å². The van der Waals surface area contributed by atoms with E-state index in [0.29, 0.717) is 10.9 Å². The fraction of sp³-hybridized carbons (Fsp3) is 0.583. The van der Waals surface area contributed by atoms with Gasteiger partial charge < -0.3 is 15.6 Å². The highest BCUT2D eigenvalue weighted by atomic mass is 35.5. The molecule has 1 fully saturated rings. The number of anilines is 1. The van der Waals surface area contributed by atoms with Gasteiger partial charge in [-0.2, -0.15) is 0 Å². The molecule has 3 N–H and O–H groups in total. The Labute approximate surface area is 182 Å². The number of nitrogens with one attached hydrogen (secondary N) is 3. The van der Waals surface area contributed by atoms with Crippen molar-refractivity contribution >= 4 is 29.3 Å². The molecule has 0 amide bonds. The van der Waals surface area contributed by atoms with Crippen LogP contribution in [0.25, 0.3) is 0 Å². The first-order valence-electron chi connectivity index (χ1n) is 10.8. The van der Waals surface area contributed by atoms with Gasteiger partial charge in [0.05, 0.1) is 10.7 Å². The van der Waals surface area contributed by atoms with Gasteiger partial charge in [-0.05, 0) is 57.2 Å². The fourth-order valence-electron chi connectivity index (χ4n) is 4.09. The highest BCUT2D eigenvalue weighted by Gasteiger charge is 2.33. The Hall–Kier alpha value is -1.81. The first-order valence-corrected chi connectivity index (χ1v) is 11.1. The van der Waals surface area contributed by atoms with E-state index in [1.165, 1.54) is 12.6 Å². The molecule has 0 aromatic heterocycles. The van der Waals surface area contributed by atoms with E-state index < -0.39 is 0 Å². The number of halogens is 1. The van der Waals surface area contributed by atoms with Gasteiger partial charge in [-0.3, -0.25) is 5.41 Å².